The molecule has 0 saturated carbocycles. The van der Waals surface area contributed by atoms with E-state index in [4.69, 9.17) is 0 Å². The largest absolute Gasteiger partial charge is 0.481 e. The second kappa shape index (κ2) is 5.72. The molecular formula is C14H23NO4. The van der Waals surface area contributed by atoms with Gasteiger partial charge in [-0.3, -0.25) is 19.3 Å². The van der Waals surface area contributed by atoms with Crippen LogP contribution in [0.15, 0.2) is 0 Å². The van der Waals surface area contributed by atoms with Crippen molar-refractivity contribution in [2.24, 2.45) is 17.3 Å². The maximum atomic E-state index is 12.4. The topological polar surface area (TPSA) is 74.7 Å². The first-order chi connectivity index (χ1) is 8.79. The minimum Gasteiger partial charge on any atom is -0.481 e. The smallest absolute Gasteiger partial charge is 0.308 e. The Labute approximate surface area is 114 Å². The van der Waals surface area contributed by atoms with E-state index in [2.05, 4.69) is 0 Å². The van der Waals surface area contributed by atoms with Gasteiger partial charge in [-0.15, -0.1) is 0 Å². The summed E-state index contributed by atoms with van der Waals surface area (Å²) in [6, 6.07) is 0. The molecule has 0 bridgehead atoms. The fraction of sp³-hybridized carbons (Fsp3) is 0.786. The Kier molecular flexibility index (Phi) is 4.71. The van der Waals surface area contributed by atoms with Crippen molar-refractivity contribution in [2.45, 2.75) is 47.0 Å². The summed E-state index contributed by atoms with van der Waals surface area (Å²) in [7, 11) is 0. The van der Waals surface area contributed by atoms with E-state index >= 15 is 0 Å². The molecule has 0 aliphatic carbocycles. The molecule has 1 rings (SSSR count). The standard InChI is InChI=1S/C14H23NO4/c1-5-14(6-2)7-11(16)15(13(14)19)8-10(9(3)4)12(17)18/h9-10H,5-8H2,1-4H3,(H,17,18). The average molecular weight is 269 g/mol. The van der Waals surface area contributed by atoms with E-state index in [1.165, 1.54) is 0 Å². The van der Waals surface area contributed by atoms with Crippen molar-refractivity contribution in [1.82, 2.24) is 4.90 Å². The van der Waals surface area contributed by atoms with Crippen molar-refractivity contribution in [3.8, 4) is 0 Å². The van der Waals surface area contributed by atoms with Gasteiger partial charge in [-0.1, -0.05) is 27.7 Å². The van der Waals surface area contributed by atoms with E-state index in [0.29, 0.717) is 12.8 Å². The van der Waals surface area contributed by atoms with Crippen LogP contribution in [0.2, 0.25) is 0 Å². The third-order valence-electron chi connectivity index (χ3n) is 4.34. The normalized spacial score (nSPS) is 20.2. The van der Waals surface area contributed by atoms with Crippen molar-refractivity contribution in [3.05, 3.63) is 0 Å². The van der Waals surface area contributed by atoms with Crippen LogP contribution in [0, 0.1) is 17.3 Å². The van der Waals surface area contributed by atoms with Crippen LogP contribution in [0.3, 0.4) is 0 Å². The summed E-state index contributed by atoms with van der Waals surface area (Å²) in [5.74, 6) is -2.20. The Morgan fingerprint density at radius 3 is 2.16 bits per heavy atom. The quantitative estimate of drug-likeness (QED) is 0.747. The van der Waals surface area contributed by atoms with Crippen molar-refractivity contribution in [3.63, 3.8) is 0 Å². The van der Waals surface area contributed by atoms with Gasteiger partial charge >= 0.3 is 5.97 Å². The van der Waals surface area contributed by atoms with Gasteiger partial charge in [0.05, 0.1) is 11.3 Å². The SMILES string of the molecule is CCC1(CC)CC(=O)N(CC(C(=O)O)C(C)C)C1=O. The van der Waals surface area contributed by atoms with Crippen molar-refractivity contribution in [1.29, 1.82) is 0 Å². The van der Waals surface area contributed by atoms with Crippen molar-refractivity contribution in [2.75, 3.05) is 6.54 Å². The number of hydrogen-bond acceptors (Lipinski definition) is 3. The molecule has 0 spiro atoms. The molecule has 2 amide bonds. The molecule has 5 heteroatoms. The molecule has 0 aromatic rings. The third kappa shape index (κ3) is 2.80. The number of carbonyl (C=O) groups is 3. The summed E-state index contributed by atoms with van der Waals surface area (Å²) >= 11 is 0. The summed E-state index contributed by atoms with van der Waals surface area (Å²) in [4.78, 5) is 36.8. The Morgan fingerprint density at radius 1 is 1.32 bits per heavy atom. The summed E-state index contributed by atoms with van der Waals surface area (Å²) in [6.07, 6.45) is 1.44. The number of rotatable bonds is 6. The van der Waals surface area contributed by atoms with Crippen LogP contribution < -0.4 is 0 Å². The van der Waals surface area contributed by atoms with Crippen LogP contribution in [0.4, 0.5) is 0 Å². The predicted molar refractivity (Wildman–Crippen MR) is 70.3 cm³/mol. The monoisotopic (exact) mass is 269 g/mol. The zero-order valence-electron chi connectivity index (χ0n) is 12.1. The van der Waals surface area contributed by atoms with E-state index < -0.39 is 17.3 Å². The van der Waals surface area contributed by atoms with E-state index in [-0.39, 0.29) is 30.7 Å². The van der Waals surface area contributed by atoms with Crippen LogP contribution in [-0.4, -0.2) is 34.3 Å². The van der Waals surface area contributed by atoms with Gasteiger partial charge in [-0.2, -0.15) is 0 Å². The molecule has 108 valence electrons. The summed E-state index contributed by atoms with van der Waals surface area (Å²) in [6.45, 7) is 7.37. The predicted octanol–water partition coefficient (Wildman–Crippen LogP) is 1.91. The van der Waals surface area contributed by atoms with Gasteiger partial charge in [0.15, 0.2) is 0 Å². The maximum Gasteiger partial charge on any atom is 0.308 e. The maximum absolute atomic E-state index is 12.4. The van der Waals surface area contributed by atoms with E-state index in [1.54, 1.807) is 13.8 Å². The third-order valence-corrected chi connectivity index (χ3v) is 4.34. The fourth-order valence-electron chi connectivity index (χ4n) is 2.62. The number of hydrogen-bond donors (Lipinski definition) is 1. The lowest BCUT2D eigenvalue weighted by Gasteiger charge is -2.26. The first kappa shape index (κ1) is 15.7. The fourth-order valence-corrected chi connectivity index (χ4v) is 2.62. The lowest BCUT2D eigenvalue weighted by atomic mass is 9.81. The van der Waals surface area contributed by atoms with E-state index in [1.807, 2.05) is 13.8 Å². The number of carboxylic acid groups (broad SMARTS) is 1. The number of amides is 2. The van der Waals surface area contributed by atoms with E-state index in [0.717, 1.165) is 4.90 Å². The van der Waals surface area contributed by atoms with Crippen LogP contribution in [0.1, 0.15) is 47.0 Å². The molecule has 1 saturated heterocycles. The van der Waals surface area contributed by atoms with Crippen LogP contribution in [0.25, 0.3) is 0 Å². The number of nitrogens with zero attached hydrogens (tertiary/aromatic N) is 1. The first-order valence-corrected chi connectivity index (χ1v) is 6.86. The van der Waals surface area contributed by atoms with Gasteiger partial charge in [0.2, 0.25) is 11.8 Å². The van der Waals surface area contributed by atoms with Gasteiger partial charge in [-0.05, 0) is 18.8 Å². The van der Waals surface area contributed by atoms with Gasteiger partial charge in [-0.25, -0.2) is 0 Å². The number of aliphatic carboxylic acids is 1. The highest BCUT2D eigenvalue weighted by Crippen LogP contribution is 2.39. The first-order valence-electron chi connectivity index (χ1n) is 6.86. The highest BCUT2D eigenvalue weighted by Gasteiger charge is 2.49. The Morgan fingerprint density at radius 2 is 1.84 bits per heavy atom. The Hall–Kier alpha value is -1.39. The Balaban J connectivity index is 2.93. The molecule has 0 aromatic heterocycles. The average Bonchev–Trinajstić information content (AvgIpc) is 2.58. The minimum atomic E-state index is -0.957. The number of imide groups is 1. The molecule has 0 radical (unpaired) electrons. The van der Waals surface area contributed by atoms with Crippen LogP contribution in [0.5, 0.6) is 0 Å². The molecule has 1 aliphatic heterocycles. The summed E-state index contributed by atoms with van der Waals surface area (Å²) in [5.41, 5.74) is -0.614. The zero-order valence-corrected chi connectivity index (χ0v) is 12.1. The number of carbonyl (C=O) groups excluding carboxylic acids is 2. The molecular weight excluding hydrogens is 246 g/mol. The lowest BCUT2D eigenvalue weighted by Crippen LogP contribution is -2.41. The zero-order chi connectivity index (χ0) is 14.8. The van der Waals surface area contributed by atoms with Gasteiger partial charge in [0.25, 0.3) is 0 Å². The Bertz CT molecular complexity index is 385. The highest BCUT2D eigenvalue weighted by atomic mass is 16.4. The molecule has 1 heterocycles. The molecule has 1 N–H and O–H groups in total. The molecule has 5 nitrogen and oxygen atoms in total. The molecule has 0 aromatic carbocycles. The van der Waals surface area contributed by atoms with Gasteiger partial charge in [0, 0.05) is 13.0 Å². The summed E-state index contributed by atoms with van der Waals surface area (Å²) < 4.78 is 0. The minimum absolute atomic E-state index is 0.00752. The second-order valence-electron chi connectivity index (χ2n) is 5.66. The van der Waals surface area contributed by atoms with Crippen LogP contribution >= 0.6 is 0 Å². The molecule has 1 atom stereocenters. The van der Waals surface area contributed by atoms with E-state index in [9.17, 15) is 19.5 Å². The lowest BCUT2D eigenvalue weighted by molar-refractivity contribution is -0.148. The summed E-state index contributed by atoms with van der Waals surface area (Å²) in [5, 5.41) is 9.17. The van der Waals surface area contributed by atoms with Crippen molar-refractivity contribution < 1.29 is 19.5 Å². The molecule has 1 aliphatic rings. The second-order valence-corrected chi connectivity index (χ2v) is 5.66. The van der Waals surface area contributed by atoms with Crippen molar-refractivity contribution >= 4 is 17.8 Å². The van der Waals surface area contributed by atoms with Gasteiger partial charge < -0.3 is 5.11 Å². The highest BCUT2D eigenvalue weighted by molar-refractivity contribution is 6.06. The van der Waals surface area contributed by atoms with Gasteiger partial charge in [0.1, 0.15) is 0 Å². The number of likely N-dealkylation sites (tertiary alicyclic amines) is 1. The molecule has 19 heavy (non-hydrogen) atoms. The van der Waals surface area contributed by atoms with Crippen LogP contribution in [-0.2, 0) is 14.4 Å². The molecule has 1 fully saturated rings. The number of carboxylic acids is 1. The molecule has 1 unspecified atom stereocenters.